The van der Waals surface area contributed by atoms with Crippen LogP contribution in [0, 0.1) is 12.8 Å². The summed E-state index contributed by atoms with van der Waals surface area (Å²) in [4.78, 5) is 11.6. The van der Waals surface area contributed by atoms with Gasteiger partial charge in [0.25, 0.3) is 0 Å². The van der Waals surface area contributed by atoms with Gasteiger partial charge in [-0.1, -0.05) is 31.5 Å². The Morgan fingerprint density at radius 3 is 2.65 bits per heavy atom. The first kappa shape index (κ1) is 14.0. The maximum Gasteiger partial charge on any atom is 0.226 e. The molecule has 1 amide bonds. The van der Waals surface area contributed by atoms with Gasteiger partial charge in [-0.15, -0.1) is 0 Å². The maximum atomic E-state index is 11.6. The van der Waals surface area contributed by atoms with Crippen molar-refractivity contribution >= 4 is 23.2 Å². The van der Waals surface area contributed by atoms with Crippen LogP contribution in [0.15, 0.2) is 18.2 Å². The predicted molar refractivity (Wildman–Crippen MR) is 70.3 cm³/mol. The molecular weight excluding hydrogens is 238 g/mol. The Morgan fingerprint density at radius 2 is 2.12 bits per heavy atom. The summed E-state index contributed by atoms with van der Waals surface area (Å²) in [5.41, 5.74) is 1.62. The third-order valence-corrected chi connectivity index (χ3v) is 3.03. The van der Waals surface area contributed by atoms with Gasteiger partial charge in [-0.2, -0.15) is 0 Å². The van der Waals surface area contributed by atoms with E-state index in [1.807, 2.05) is 26.8 Å². The molecule has 0 saturated carbocycles. The third kappa shape index (κ3) is 4.36. The van der Waals surface area contributed by atoms with E-state index in [-0.39, 0.29) is 18.2 Å². The van der Waals surface area contributed by atoms with Crippen LogP contribution < -0.4 is 5.32 Å². The number of anilines is 1. The minimum absolute atomic E-state index is 0.0716. The van der Waals surface area contributed by atoms with Crippen molar-refractivity contribution < 1.29 is 9.90 Å². The molecule has 0 heterocycles. The van der Waals surface area contributed by atoms with Crippen molar-refractivity contribution in [3.63, 3.8) is 0 Å². The number of carbonyl (C=O) groups is 1. The highest BCUT2D eigenvalue weighted by molar-refractivity contribution is 6.31. The van der Waals surface area contributed by atoms with Crippen molar-refractivity contribution in [1.82, 2.24) is 0 Å². The quantitative estimate of drug-likeness (QED) is 0.869. The molecule has 2 N–H and O–H groups in total. The molecule has 0 aliphatic heterocycles. The van der Waals surface area contributed by atoms with Crippen LogP contribution in [0.5, 0.6) is 0 Å². The molecule has 1 unspecified atom stereocenters. The smallest absolute Gasteiger partial charge is 0.226 e. The van der Waals surface area contributed by atoms with E-state index in [4.69, 9.17) is 11.6 Å². The number of rotatable bonds is 4. The number of amides is 1. The monoisotopic (exact) mass is 255 g/mol. The minimum Gasteiger partial charge on any atom is -0.392 e. The second-order valence-corrected chi connectivity index (χ2v) is 4.93. The molecule has 3 nitrogen and oxygen atoms in total. The molecular formula is C13H18ClNO2. The van der Waals surface area contributed by atoms with Crippen LogP contribution in [0.3, 0.4) is 0 Å². The maximum absolute atomic E-state index is 11.6. The summed E-state index contributed by atoms with van der Waals surface area (Å²) in [5.74, 6) is -0.131. The van der Waals surface area contributed by atoms with Crippen LogP contribution in [0.25, 0.3) is 0 Å². The highest BCUT2D eigenvalue weighted by Crippen LogP contribution is 2.20. The molecule has 0 spiro atoms. The van der Waals surface area contributed by atoms with E-state index in [0.717, 1.165) is 5.56 Å². The van der Waals surface area contributed by atoms with Crippen LogP contribution in [0.4, 0.5) is 5.69 Å². The van der Waals surface area contributed by atoms with E-state index >= 15 is 0 Å². The lowest BCUT2D eigenvalue weighted by Crippen LogP contribution is -2.23. The van der Waals surface area contributed by atoms with Gasteiger partial charge in [0.1, 0.15) is 0 Å². The van der Waals surface area contributed by atoms with Crippen molar-refractivity contribution in [2.75, 3.05) is 5.32 Å². The van der Waals surface area contributed by atoms with Crippen molar-refractivity contribution in [2.24, 2.45) is 5.92 Å². The summed E-state index contributed by atoms with van der Waals surface area (Å²) in [6.45, 7) is 5.65. The largest absolute Gasteiger partial charge is 0.392 e. The van der Waals surface area contributed by atoms with E-state index in [1.54, 1.807) is 12.1 Å². The summed E-state index contributed by atoms with van der Waals surface area (Å²) < 4.78 is 0. The second kappa shape index (κ2) is 6.03. The Balaban J connectivity index is 2.59. The number of hydrogen-bond acceptors (Lipinski definition) is 2. The van der Waals surface area contributed by atoms with Gasteiger partial charge >= 0.3 is 0 Å². The van der Waals surface area contributed by atoms with E-state index in [2.05, 4.69) is 5.32 Å². The molecule has 1 aromatic carbocycles. The molecule has 0 aliphatic carbocycles. The summed E-state index contributed by atoms with van der Waals surface area (Å²) in [6.07, 6.45) is -0.515. The Labute approximate surface area is 107 Å². The zero-order valence-corrected chi connectivity index (χ0v) is 11.1. The summed E-state index contributed by atoms with van der Waals surface area (Å²) in [7, 11) is 0. The molecule has 0 radical (unpaired) electrons. The zero-order valence-electron chi connectivity index (χ0n) is 10.3. The predicted octanol–water partition coefficient (Wildman–Crippen LogP) is 2.99. The average molecular weight is 256 g/mol. The molecule has 94 valence electrons. The molecule has 1 rings (SSSR count). The van der Waals surface area contributed by atoms with Gasteiger partial charge in [0, 0.05) is 10.7 Å². The number of aryl methyl sites for hydroxylation is 1. The van der Waals surface area contributed by atoms with Crippen LogP contribution in [0.2, 0.25) is 5.02 Å². The van der Waals surface area contributed by atoms with Crippen molar-refractivity contribution in [2.45, 2.75) is 33.3 Å². The lowest BCUT2D eigenvalue weighted by molar-refractivity contribution is -0.118. The Kier molecular flexibility index (Phi) is 4.97. The topological polar surface area (TPSA) is 49.3 Å². The highest BCUT2D eigenvalue weighted by atomic mass is 35.5. The fraction of sp³-hybridized carbons (Fsp3) is 0.462. The molecule has 0 aromatic heterocycles. The second-order valence-electron chi connectivity index (χ2n) is 4.53. The SMILES string of the molecule is Cc1ccc(NC(=O)CC(O)C(C)C)cc1Cl. The van der Waals surface area contributed by atoms with Gasteiger partial charge in [0.15, 0.2) is 0 Å². The Morgan fingerprint density at radius 1 is 1.47 bits per heavy atom. The summed E-state index contributed by atoms with van der Waals surface area (Å²) in [5, 5.41) is 12.9. The van der Waals surface area contributed by atoms with Crippen LogP contribution in [-0.4, -0.2) is 17.1 Å². The van der Waals surface area contributed by atoms with Gasteiger partial charge in [-0.3, -0.25) is 4.79 Å². The van der Waals surface area contributed by atoms with Crippen molar-refractivity contribution in [3.05, 3.63) is 28.8 Å². The molecule has 4 heteroatoms. The number of benzene rings is 1. The Hall–Kier alpha value is -1.06. The average Bonchev–Trinajstić information content (AvgIpc) is 2.23. The first-order chi connectivity index (χ1) is 7.90. The lowest BCUT2D eigenvalue weighted by atomic mass is 10.0. The Bertz CT molecular complexity index is 404. The summed E-state index contributed by atoms with van der Waals surface area (Å²) >= 11 is 5.95. The molecule has 17 heavy (non-hydrogen) atoms. The number of aliphatic hydroxyl groups excluding tert-OH is 1. The fourth-order valence-corrected chi connectivity index (χ4v) is 1.49. The fourth-order valence-electron chi connectivity index (χ4n) is 1.31. The summed E-state index contributed by atoms with van der Waals surface area (Å²) in [6, 6.07) is 5.34. The normalized spacial score (nSPS) is 12.6. The molecule has 1 atom stereocenters. The van der Waals surface area contributed by atoms with Gasteiger partial charge in [-0.25, -0.2) is 0 Å². The van der Waals surface area contributed by atoms with Gasteiger partial charge in [0.2, 0.25) is 5.91 Å². The van der Waals surface area contributed by atoms with Gasteiger partial charge in [0.05, 0.1) is 12.5 Å². The van der Waals surface area contributed by atoms with Crippen LogP contribution in [-0.2, 0) is 4.79 Å². The molecule has 0 saturated heterocycles. The molecule has 0 bridgehead atoms. The molecule has 0 aliphatic rings. The number of carbonyl (C=O) groups excluding carboxylic acids is 1. The zero-order chi connectivity index (χ0) is 13.0. The van der Waals surface area contributed by atoms with E-state index in [0.29, 0.717) is 10.7 Å². The number of aliphatic hydroxyl groups is 1. The minimum atomic E-state index is -0.615. The van der Waals surface area contributed by atoms with Gasteiger partial charge < -0.3 is 10.4 Å². The third-order valence-electron chi connectivity index (χ3n) is 2.62. The van der Waals surface area contributed by atoms with Gasteiger partial charge in [-0.05, 0) is 30.5 Å². The number of halogens is 1. The number of nitrogens with one attached hydrogen (secondary N) is 1. The van der Waals surface area contributed by atoms with E-state index in [1.165, 1.54) is 0 Å². The molecule has 1 aromatic rings. The number of hydrogen-bond donors (Lipinski definition) is 2. The van der Waals surface area contributed by atoms with E-state index < -0.39 is 6.10 Å². The lowest BCUT2D eigenvalue weighted by Gasteiger charge is -2.14. The first-order valence-corrected chi connectivity index (χ1v) is 6.02. The molecule has 0 fully saturated rings. The first-order valence-electron chi connectivity index (χ1n) is 5.64. The van der Waals surface area contributed by atoms with Crippen molar-refractivity contribution in [1.29, 1.82) is 0 Å². The van der Waals surface area contributed by atoms with Crippen LogP contribution in [0.1, 0.15) is 25.8 Å². The standard InChI is InChI=1S/C13H18ClNO2/c1-8(2)12(16)7-13(17)15-10-5-4-9(3)11(14)6-10/h4-6,8,12,16H,7H2,1-3H3,(H,15,17). The van der Waals surface area contributed by atoms with E-state index in [9.17, 15) is 9.90 Å². The highest BCUT2D eigenvalue weighted by Gasteiger charge is 2.14. The van der Waals surface area contributed by atoms with Crippen molar-refractivity contribution in [3.8, 4) is 0 Å². The van der Waals surface area contributed by atoms with Crippen LogP contribution >= 0.6 is 11.6 Å².